The van der Waals surface area contributed by atoms with Crippen molar-refractivity contribution >= 4 is 11.9 Å². The fourth-order valence-corrected chi connectivity index (χ4v) is 1.39. The lowest BCUT2D eigenvalue weighted by Gasteiger charge is -2.19. The molecule has 0 aliphatic heterocycles. The number of nitrogens with zero attached hydrogens (tertiary/aromatic N) is 1. The van der Waals surface area contributed by atoms with E-state index in [4.69, 9.17) is 5.11 Å². The molecule has 0 unspecified atom stereocenters. The highest BCUT2D eigenvalue weighted by Crippen LogP contribution is 2.02. The summed E-state index contributed by atoms with van der Waals surface area (Å²) in [7, 11) is 0. The lowest BCUT2D eigenvalue weighted by molar-refractivity contribution is -0.137. The van der Waals surface area contributed by atoms with Crippen molar-refractivity contribution in [2.24, 2.45) is 0 Å². The van der Waals surface area contributed by atoms with Gasteiger partial charge in [-0.2, -0.15) is 0 Å². The van der Waals surface area contributed by atoms with Gasteiger partial charge in [-0.15, -0.1) is 0 Å². The van der Waals surface area contributed by atoms with E-state index in [2.05, 4.69) is 4.98 Å². The van der Waals surface area contributed by atoms with Gasteiger partial charge in [0.25, 0.3) is 5.91 Å². The van der Waals surface area contributed by atoms with Gasteiger partial charge in [-0.05, 0) is 13.0 Å². The Labute approximate surface area is 97.9 Å². The van der Waals surface area contributed by atoms with E-state index >= 15 is 0 Å². The molecule has 0 saturated heterocycles. The average Bonchev–Trinajstić information content (AvgIpc) is 2.29. The Morgan fingerprint density at radius 1 is 1.47 bits per heavy atom. The normalized spacial score (nSPS) is 9.94. The van der Waals surface area contributed by atoms with Gasteiger partial charge < -0.3 is 15.0 Å². The Morgan fingerprint density at radius 3 is 2.71 bits per heavy atom. The number of aliphatic carboxylic acids is 1. The molecule has 1 rings (SSSR count). The number of carboxylic acid groups (broad SMARTS) is 1. The molecule has 6 nitrogen and oxygen atoms in total. The number of aromatic amines is 1. The van der Waals surface area contributed by atoms with Crippen LogP contribution < -0.4 is 5.56 Å². The van der Waals surface area contributed by atoms with Crippen LogP contribution in [0.2, 0.25) is 0 Å². The van der Waals surface area contributed by atoms with Gasteiger partial charge in [0.05, 0.1) is 6.42 Å². The Morgan fingerprint density at radius 2 is 2.18 bits per heavy atom. The number of aromatic nitrogens is 1. The molecule has 0 atom stereocenters. The van der Waals surface area contributed by atoms with Crippen molar-refractivity contribution in [3.8, 4) is 0 Å². The topological polar surface area (TPSA) is 90.5 Å². The SMILES string of the molecule is CCN(CCC(=O)O)C(=O)c1cc[nH]c(=O)c1. The lowest BCUT2D eigenvalue weighted by atomic mass is 10.2. The summed E-state index contributed by atoms with van der Waals surface area (Å²) in [5, 5.41) is 8.56. The molecule has 92 valence electrons. The molecule has 1 amide bonds. The molecule has 1 aromatic rings. The van der Waals surface area contributed by atoms with Gasteiger partial charge >= 0.3 is 5.97 Å². The molecule has 1 aromatic heterocycles. The fraction of sp³-hybridized carbons (Fsp3) is 0.364. The van der Waals surface area contributed by atoms with E-state index in [1.54, 1.807) is 6.92 Å². The fourth-order valence-electron chi connectivity index (χ4n) is 1.39. The van der Waals surface area contributed by atoms with Crippen LogP contribution in [0.4, 0.5) is 0 Å². The second-order valence-corrected chi connectivity index (χ2v) is 3.47. The maximum Gasteiger partial charge on any atom is 0.305 e. The smallest absolute Gasteiger partial charge is 0.305 e. The van der Waals surface area contributed by atoms with Crippen molar-refractivity contribution in [3.05, 3.63) is 34.2 Å². The molecular formula is C11H14N2O4. The zero-order valence-corrected chi connectivity index (χ0v) is 9.47. The van der Waals surface area contributed by atoms with Gasteiger partial charge in [0.1, 0.15) is 0 Å². The van der Waals surface area contributed by atoms with Gasteiger partial charge in [-0.1, -0.05) is 0 Å². The number of hydrogen-bond donors (Lipinski definition) is 2. The van der Waals surface area contributed by atoms with E-state index in [1.165, 1.54) is 23.2 Å². The highest BCUT2D eigenvalue weighted by atomic mass is 16.4. The molecule has 0 spiro atoms. The van der Waals surface area contributed by atoms with Crippen LogP contribution in [-0.2, 0) is 4.79 Å². The molecule has 0 aliphatic carbocycles. The van der Waals surface area contributed by atoms with Crippen LogP contribution in [0.25, 0.3) is 0 Å². The van der Waals surface area contributed by atoms with Crippen LogP contribution in [0.5, 0.6) is 0 Å². The van der Waals surface area contributed by atoms with E-state index < -0.39 is 5.97 Å². The van der Waals surface area contributed by atoms with E-state index in [1.807, 2.05) is 0 Å². The third kappa shape index (κ3) is 3.75. The molecular weight excluding hydrogens is 224 g/mol. The number of carboxylic acids is 1. The molecule has 0 aromatic carbocycles. The van der Waals surface area contributed by atoms with Gasteiger partial charge in [0, 0.05) is 30.9 Å². The van der Waals surface area contributed by atoms with Crippen molar-refractivity contribution < 1.29 is 14.7 Å². The van der Waals surface area contributed by atoms with Crippen LogP contribution >= 0.6 is 0 Å². The molecule has 0 bridgehead atoms. The monoisotopic (exact) mass is 238 g/mol. The molecule has 0 fully saturated rings. The number of rotatable bonds is 5. The lowest BCUT2D eigenvalue weighted by Crippen LogP contribution is -2.33. The Kier molecular flexibility index (Phi) is 4.45. The van der Waals surface area contributed by atoms with Crippen molar-refractivity contribution in [3.63, 3.8) is 0 Å². The molecule has 1 heterocycles. The minimum Gasteiger partial charge on any atom is -0.481 e. The van der Waals surface area contributed by atoms with E-state index in [0.717, 1.165) is 0 Å². The molecule has 6 heteroatoms. The number of H-pyrrole nitrogens is 1. The number of pyridine rings is 1. The first-order valence-corrected chi connectivity index (χ1v) is 5.24. The Bertz CT molecular complexity index is 467. The largest absolute Gasteiger partial charge is 0.481 e. The molecule has 0 saturated carbocycles. The van der Waals surface area contributed by atoms with Crippen LogP contribution in [0.3, 0.4) is 0 Å². The number of nitrogens with one attached hydrogen (secondary N) is 1. The van der Waals surface area contributed by atoms with E-state index in [-0.39, 0.29) is 30.0 Å². The number of carbonyl (C=O) groups excluding carboxylic acids is 1. The summed E-state index contributed by atoms with van der Waals surface area (Å²) < 4.78 is 0. The first-order valence-electron chi connectivity index (χ1n) is 5.24. The van der Waals surface area contributed by atoms with Crippen molar-refractivity contribution in [1.29, 1.82) is 0 Å². The summed E-state index contributed by atoms with van der Waals surface area (Å²) in [6.07, 6.45) is 1.28. The molecule has 2 N–H and O–H groups in total. The Balaban J connectivity index is 2.79. The second-order valence-electron chi connectivity index (χ2n) is 3.47. The first-order chi connectivity index (χ1) is 8.04. The summed E-state index contributed by atoms with van der Waals surface area (Å²) in [6, 6.07) is 2.69. The maximum atomic E-state index is 11.9. The predicted molar refractivity (Wildman–Crippen MR) is 60.9 cm³/mol. The average molecular weight is 238 g/mol. The number of carbonyl (C=O) groups is 2. The molecule has 17 heavy (non-hydrogen) atoms. The maximum absolute atomic E-state index is 11.9. The minimum atomic E-state index is -0.956. The summed E-state index contributed by atoms with van der Waals surface area (Å²) in [4.78, 5) is 37.2. The van der Waals surface area contributed by atoms with Crippen LogP contribution in [0, 0.1) is 0 Å². The van der Waals surface area contributed by atoms with Crippen molar-refractivity contribution in [2.45, 2.75) is 13.3 Å². The van der Waals surface area contributed by atoms with Gasteiger partial charge in [0.2, 0.25) is 5.56 Å². The number of amides is 1. The molecule has 0 radical (unpaired) electrons. The zero-order valence-electron chi connectivity index (χ0n) is 9.47. The van der Waals surface area contributed by atoms with Crippen molar-refractivity contribution in [1.82, 2.24) is 9.88 Å². The quantitative estimate of drug-likeness (QED) is 0.772. The number of hydrogen-bond acceptors (Lipinski definition) is 3. The Hall–Kier alpha value is -2.11. The third-order valence-electron chi connectivity index (χ3n) is 2.29. The summed E-state index contributed by atoms with van der Waals surface area (Å²) in [6.45, 7) is 2.29. The van der Waals surface area contributed by atoms with Gasteiger partial charge in [-0.25, -0.2) is 0 Å². The highest BCUT2D eigenvalue weighted by molar-refractivity contribution is 5.94. The van der Waals surface area contributed by atoms with Gasteiger partial charge in [0.15, 0.2) is 0 Å². The van der Waals surface area contributed by atoms with Crippen LogP contribution in [-0.4, -0.2) is 40.0 Å². The van der Waals surface area contributed by atoms with E-state index in [9.17, 15) is 14.4 Å². The summed E-state index contributed by atoms with van der Waals surface area (Å²) >= 11 is 0. The summed E-state index contributed by atoms with van der Waals surface area (Å²) in [5.74, 6) is -1.29. The second kappa shape index (κ2) is 5.83. The summed E-state index contributed by atoms with van der Waals surface area (Å²) in [5.41, 5.74) is -0.0915. The molecule has 0 aliphatic rings. The van der Waals surface area contributed by atoms with Gasteiger partial charge in [-0.3, -0.25) is 14.4 Å². The highest BCUT2D eigenvalue weighted by Gasteiger charge is 2.15. The predicted octanol–water partition coefficient (Wildman–Crippen LogP) is 0.312. The van der Waals surface area contributed by atoms with Crippen LogP contribution in [0.1, 0.15) is 23.7 Å². The van der Waals surface area contributed by atoms with Crippen molar-refractivity contribution in [2.75, 3.05) is 13.1 Å². The zero-order chi connectivity index (χ0) is 12.8. The van der Waals surface area contributed by atoms with Crippen LogP contribution in [0.15, 0.2) is 23.1 Å². The standard InChI is InChI=1S/C11H14N2O4/c1-2-13(6-4-10(15)16)11(17)8-3-5-12-9(14)7-8/h3,5,7H,2,4,6H2,1H3,(H,12,14)(H,15,16). The first kappa shape index (κ1) is 13.0. The minimum absolute atomic E-state index is 0.108. The van der Waals surface area contributed by atoms with E-state index in [0.29, 0.717) is 6.54 Å². The third-order valence-corrected chi connectivity index (χ3v) is 2.29.